The van der Waals surface area contributed by atoms with Crippen LogP contribution in [-0.2, 0) is 13.1 Å². The van der Waals surface area contributed by atoms with Gasteiger partial charge in [-0.3, -0.25) is 4.79 Å². The van der Waals surface area contributed by atoms with E-state index in [1.54, 1.807) is 49.8 Å². The molecular formula is C97H81N8O8+. The quantitative estimate of drug-likeness (QED) is 0.0380. The van der Waals surface area contributed by atoms with Gasteiger partial charge in [-0.25, -0.2) is 9.13 Å². The summed E-state index contributed by atoms with van der Waals surface area (Å²) in [5.74, 6) is 5.40. The van der Waals surface area contributed by atoms with Gasteiger partial charge in [0, 0.05) is 131 Å². The largest absolute Gasteiger partial charge is 0.497 e. The van der Waals surface area contributed by atoms with Crippen LogP contribution in [0.4, 0.5) is 68.2 Å². The molecule has 14 aromatic carbocycles. The second kappa shape index (κ2) is 31.1. The van der Waals surface area contributed by atoms with Gasteiger partial charge in [0.2, 0.25) is 0 Å². The Bertz CT molecular complexity index is 5920. The van der Waals surface area contributed by atoms with Gasteiger partial charge >= 0.3 is 0 Å². The fourth-order valence-electron chi connectivity index (χ4n) is 15.2. The molecule has 0 saturated carbocycles. The average molecular weight is 1490 g/mol. The predicted octanol–water partition coefficient (Wildman–Crippen LogP) is 22.8. The van der Waals surface area contributed by atoms with Gasteiger partial charge < -0.3 is 61.9 Å². The molecule has 556 valence electrons. The van der Waals surface area contributed by atoms with Gasteiger partial charge in [0.05, 0.1) is 49.8 Å². The van der Waals surface area contributed by atoms with E-state index in [1.807, 2.05) is 109 Å². The van der Waals surface area contributed by atoms with Crippen molar-refractivity contribution >= 4 is 118 Å². The van der Waals surface area contributed by atoms with E-state index in [0.717, 1.165) is 181 Å². The van der Waals surface area contributed by atoms with Crippen molar-refractivity contribution in [2.75, 3.05) is 69.4 Å². The van der Waals surface area contributed by atoms with E-state index >= 15 is 0 Å². The second-order valence-corrected chi connectivity index (χ2v) is 27.5. The van der Waals surface area contributed by atoms with E-state index in [4.69, 9.17) is 33.2 Å². The van der Waals surface area contributed by atoms with E-state index in [9.17, 15) is 4.79 Å². The highest BCUT2D eigenvalue weighted by molar-refractivity contribution is 6.13. The van der Waals surface area contributed by atoms with Crippen molar-refractivity contribution in [3.8, 4) is 51.6 Å². The number of aldehydes is 1. The first-order chi connectivity index (χ1) is 55.6. The number of rotatable bonds is 26. The van der Waals surface area contributed by atoms with Crippen LogP contribution in [0.1, 0.15) is 21.5 Å². The molecule has 17 rings (SSSR count). The molecule has 0 fully saturated rings. The van der Waals surface area contributed by atoms with E-state index < -0.39 is 0 Å². The third kappa shape index (κ3) is 14.1. The van der Waals surface area contributed by atoms with Crippen molar-refractivity contribution in [1.82, 2.24) is 13.7 Å². The third-order valence-corrected chi connectivity index (χ3v) is 21.1. The highest BCUT2D eigenvalue weighted by atomic mass is 16.5. The highest BCUT2D eigenvalue weighted by Gasteiger charge is 2.25. The normalized spacial score (nSPS) is 11.2. The first-order valence-corrected chi connectivity index (χ1v) is 37.2. The topological polar surface area (TPSA) is 113 Å². The van der Waals surface area contributed by atoms with Crippen LogP contribution in [0.5, 0.6) is 40.2 Å². The summed E-state index contributed by atoms with van der Waals surface area (Å²) in [5, 5.41) is 4.35. The molecule has 0 aliphatic carbocycles. The number of hydrogen-bond donors (Lipinski definition) is 0. The molecule has 0 N–H and O–H groups in total. The minimum atomic E-state index is 0.600. The van der Waals surface area contributed by atoms with E-state index in [1.165, 1.54) is 0 Å². The molecule has 16 heteroatoms. The molecular weight excluding hydrogens is 1410 g/mol. The Morgan fingerprint density at radius 2 is 0.522 bits per heavy atom. The summed E-state index contributed by atoms with van der Waals surface area (Å²) in [7, 11) is 11.8. The summed E-state index contributed by atoms with van der Waals surface area (Å²) in [6, 6.07) is 109. The zero-order chi connectivity index (χ0) is 77.1. The molecule has 0 unspecified atom stereocenters. The number of benzene rings is 14. The van der Waals surface area contributed by atoms with Gasteiger partial charge in [0.25, 0.3) is 6.33 Å². The van der Waals surface area contributed by atoms with Crippen molar-refractivity contribution in [1.29, 1.82) is 0 Å². The van der Waals surface area contributed by atoms with Crippen molar-refractivity contribution in [2.24, 2.45) is 0 Å². The fourth-order valence-corrected chi connectivity index (χ4v) is 15.2. The Kier molecular flexibility index (Phi) is 19.7. The molecule has 3 heterocycles. The van der Waals surface area contributed by atoms with Crippen LogP contribution < -0.4 is 57.3 Å². The van der Waals surface area contributed by atoms with Crippen LogP contribution in [0.25, 0.3) is 55.0 Å². The number of methoxy groups -OCH3 is 7. The average Bonchev–Trinajstić information content (AvgIpc) is 1.59. The summed E-state index contributed by atoms with van der Waals surface area (Å²) >= 11 is 0. The lowest BCUT2D eigenvalue weighted by Crippen LogP contribution is -2.27. The molecule has 0 aliphatic rings. The second-order valence-electron chi connectivity index (χ2n) is 27.5. The van der Waals surface area contributed by atoms with E-state index in [2.05, 4.69) is 263 Å². The number of hydrogen-bond acceptors (Lipinski definition) is 12. The van der Waals surface area contributed by atoms with Crippen molar-refractivity contribution in [3.05, 3.63) is 351 Å². The van der Waals surface area contributed by atoms with Crippen molar-refractivity contribution < 1.29 is 42.5 Å². The molecule has 16 nitrogen and oxygen atoms in total. The minimum absolute atomic E-state index is 0.600. The molecule has 0 amide bonds. The van der Waals surface area contributed by atoms with Gasteiger partial charge in [0.1, 0.15) is 70.3 Å². The van der Waals surface area contributed by atoms with Crippen molar-refractivity contribution in [3.63, 3.8) is 0 Å². The molecule has 0 radical (unpaired) electrons. The Morgan fingerprint density at radius 1 is 0.283 bits per heavy atom. The summed E-state index contributed by atoms with van der Waals surface area (Å²) in [6.45, 7) is 1.22. The Morgan fingerprint density at radius 3 is 0.770 bits per heavy atom. The maximum absolute atomic E-state index is 11.9. The smallest absolute Gasteiger partial charge is 0.254 e. The van der Waals surface area contributed by atoms with Gasteiger partial charge in [-0.2, -0.15) is 0 Å². The van der Waals surface area contributed by atoms with Crippen LogP contribution in [0, 0.1) is 0 Å². The maximum Gasteiger partial charge on any atom is 0.254 e. The Labute approximate surface area is 655 Å². The molecule has 0 saturated heterocycles. The summed E-state index contributed by atoms with van der Waals surface area (Å²) in [5.41, 5.74) is 20.9. The van der Waals surface area contributed by atoms with Gasteiger partial charge in [0.15, 0.2) is 0 Å². The number of imidazole rings is 1. The highest BCUT2D eigenvalue weighted by Crippen LogP contribution is 2.47. The third-order valence-electron chi connectivity index (χ3n) is 21.1. The summed E-state index contributed by atoms with van der Waals surface area (Å²) in [6.07, 6.45) is 7.21. The molecule has 0 atom stereocenters. The summed E-state index contributed by atoms with van der Waals surface area (Å²) < 4.78 is 48.6. The molecule has 3 aromatic heterocycles. The van der Waals surface area contributed by atoms with Crippen LogP contribution in [-0.4, -0.2) is 69.8 Å². The molecule has 0 spiro atoms. The zero-order valence-corrected chi connectivity index (χ0v) is 63.6. The van der Waals surface area contributed by atoms with Crippen LogP contribution >= 0.6 is 0 Å². The molecule has 0 bridgehead atoms. The van der Waals surface area contributed by atoms with Gasteiger partial charge in [-0.1, -0.05) is 24.3 Å². The number of ether oxygens (including phenoxy) is 7. The number of fused-ring (bicyclic) bond motifs is 6. The first kappa shape index (κ1) is 71.3. The Hall–Kier alpha value is -14.6. The molecule has 17 aromatic rings. The number of carbonyl (C=O) groups is 1. The van der Waals surface area contributed by atoms with Crippen molar-refractivity contribution in [2.45, 2.75) is 13.1 Å². The van der Waals surface area contributed by atoms with Crippen LogP contribution in [0.2, 0.25) is 0 Å². The minimum Gasteiger partial charge on any atom is -0.497 e. The predicted molar refractivity (Wildman–Crippen MR) is 454 cm³/mol. The van der Waals surface area contributed by atoms with Crippen LogP contribution in [0.3, 0.4) is 0 Å². The lowest BCUT2D eigenvalue weighted by molar-refractivity contribution is -0.594. The van der Waals surface area contributed by atoms with Crippen LogP contribution in [0.15, 0.2) is 334 Å². The lowest BCUT2D eigenvalue weighted by atomic mass is 10.1. The Balaban J connectivity index is 0.696. The number of nitrogens with zero attached hydrogens (tertiary/aromatic N) is 8. The summed E-state index contributed by atoms with van der Waals surface area (Å²) in [4.78, 5) is 21.0. The number of anilines is 12. The van der Waals surface area contributed by atoms with E-state index in [0.29, 0.717) is 18.7 Å². The molecule has 0 aliphatic heterocycles. The van der Waals surface area contributed by atoms with Gasteiger partial charge in [-0.05, 0) is 302 Å². The van der Waals surface area contributed by atoms with E-state index in [-0.39, 0.29) is 0 Å². The van der Waals surface area contributed by atoms with Gasteiger partial charge in [-0.15, -0.1) is 0 Å². The number of aromatic nitrogens is 4. The number of carbonyl (C=O) groups excluding carboxylic acids is 1. The zero-order valence-electron chi connectivity index (χ0n) is 63.6. The molecule has 113 heavy (non-hydrogen) atoms. The SMILES string of the molecule is COc1ccc(N(c2ccc(C=O)cc2)c2ccc3c(c2)c2cc(N(c4ccc(OC)cc4)c4ccc(OC)cc4)ccc2n3Cc2ccc(-n3cc[n+](-c4ccc(Cn5c6ccc(N(c7ccc(OC)cc7)c7ccc(OC)cc7)cc6c6cc(N(c7ccc(OC)cc7)c7ccc(OC)cc7)ccc65)cc4)c3)cc2)cc1. The monoisotopic (exact) mass is 1490 g/mol. The first-order valence-electron chi connectivity index (χ1n) is 37.2. The lowest BCUT2D eigenvalue weighted by Gasteiger charge is -2.26. The fraction of sp³-hybridized carbons (Fsp3) is 0.0928. The standard InChI is InChI=1S/C97H81N8O8/c1-107-83-38-20-72(21-39-83)102(71-18-12-68(64-106)13-19-71)79-34-52-94-90(58-79)91-59-80(103(73-22-40-84(108-2)41-23-73)74-24-42-85(109-3)43-25-74)35-53-95(91)100(94)62-66-8-14-69(15-9-66)98-56-57-99(65-98)70-16-10-67(11-17-70)63-101-96-54-36-81(104(75-26-44-86(110-4)45-27-75)76-28-46-87(111-5)47-29-76)60-92(96)93-61-82(37-55-97(93)101)105(77-30-48-88(112-6)49-31-77)78-32-50-89(113-7)51-33-78/h8-61,64-65H,62-63H2,1-7H3/q+1. The maximum atomic E-state index is 11.9.